The minimum Gasteiger partial charge on any atom is -0.481 e. The van der Waals surface area contributed by atoms with Crippen LogP contribution in [0.4, 0.5) is 5.69 Å². The molecule has 1 unspecified atom stereocenters. The maximum absolute atomic E-state index is 12.2. The molecule has 0 bridgehead atoms. The first-order valence-electron chi connectivity index (χ1n) is 5.31. The molecule has 1 atom stereocenters. The average molecular weight is 256 g/mol. The summed E-state index contributed by atoms with van der Waals surface area (Å²) in [5.41, 5.74) is 0.721. The fourth-order valence-electron chi connectivity index (χ4n) is 1.17. The van der Waals surface area contributed by atoms with E-state index in [0.717, 1.165) is 5.69 Å². The smallest absolute Gasteiger partial charge is 0.305 e. The van der Waals surface area contributed by atoms with Gasteiger partial charge in [-0.25, -0.2) is 8.57 Å². The van der Waals surface area contributed by atoms with Crippen LogP contribution < -0.4 is 4.72 Å². The van der Waals surface area contributed by atoms with E-state index < -0.39 is 15.9 Å². The van der Waals surface area contributed by atoms with Crippen molar-refractivity contribution in [2.75, 3.05) is 17.0 Å². The molecule has 0 aliphatic rings. The molecule has 6 heteroatoms. The maximum atomic E-state index is 12.2. The molecule has 5 nitrogen and oxygen atoms in total. The van der Waals surface area contributed by atoms with E-state index in [1.807, 2.05) is 18.2 Å². The van der Waals surface area contributed by atoms with Gasteiger partial charge in [0.1, 0.15) is 9.92 Å². The molecule has 0 radical (unpaired) electrons. The first kappa shape index (κ1) is 13.5. The van der Waals surface area contributed by atoms with E-state index in [1.165, 1.54) is 0 Å². The van der Waals surface area contributed by atoms with Gasteiger partial charge in [0.15, 0.2) is 0 Å². The third-order valence-corrected chi connectivity index (χ3v) is 4.00. The molecule has 0 heterocycles. The molecule has 1 aromatic rings. The van der Waals surface area contributed by atoms with Crippen LogP contribution in [0.25, 0.3) is 0 Å². The first-order chi connectivity index (χ1) is 8.06. The number of aliphatic carboxylic acids is 1. The van der Waals surface area contributed by atoms with Crippen LogP contribution in [0.1, 0.15) is 13.3 Å². The van der Waals surface area contributed by atoms with Crippen LogP contribution in [0.5, 0.6) is 0 Å². The normalized spacial score (nSPS) is 13.7. The Morgan fingerprint density at radius 2 is 2.06 bits per heavy atom. The lowest BCUT2D eigenvalue weighted by Gasteiger charge is -2.10. The molecule has 0 aromatic heterocycles. The summed E-state index contributed by atoms with van der Waals surface area (Å²) in [5.74, 6) is -0.604. The molecule has 0 aliphatic heterocycles. The molecule has 0 aliphatic carbocycles. The lowest BCUT2D eigenvalue weighted by Crippen LogP contribution is -2.16. The number of benzene rings is 1. The second kappa shape index (κ2) is 6.24. The van der Waals surface area contributed by atoms with Crippen LogP contribution >= 0.6 is 0 Å². The predicted octanol–water partition coefficient (Wildman–Crippen LogP) is 1.98. The van der Waals surface area contributed by atoms with E-state index in [-0.39, 0.29) is 13.0 Å². The molecule has 2 N–H and O–H groups in total. The van der Waals surface area contributed by atoms with E-state index in [4.69, 9.17) is 5.11 Å². The van der Waals surface area contributed by atoms with Crippen molar-refractivity contribution in [1.29, 1.82) is 0 Å². The Balaban J connectivity index is 2.75. The number of anilines is 1. The summed E-state index contributed by atoms with van der Waals surface area (Å²) in [4.78, 5) is 10.4. The van der Waals surface area contributed by atoms with E-state index in [2.05, 4.69) is 9.08 Å². The molecule has 0 spiro atoms. The zero-order valence-corrected chi connectivity index (χ0v) is 10.4. The van der Waals surface area contributed by atoms with Gasteiger partial charge in [-0.1, -0.05) is 25.1 Å². The Hall–Kier alpha value is -1.56. The second-order valence-electron chi connectivity index (χ2n) is 3.39. The monoisotopic (exact) mass is 256 g/mol. The molecule has 1 rings (SSSR count). The third-order valence-electron chi connectivity index (χ3n) is 2.07. The van der Waals surface area contributed by atoms with Crippen LogP contribution in [0.2, 0.25) is 0 Å². The van der Waals surface area contributed by atoms with Gasteiger partial charge in [-0.05, 0) is 12.1 Å². The molecule has 0 fully saturated rings. The van der Waals surface area contributed by atoms with Crippen molar-refractivity contribution in [2.24, 2.45) is 4.36 Å². The van der Waals surface area contributed by atoms with Crippen molar-refractivity contribution in [3.63, 3.8) is 0 Å². The fraction of sp³-hybridized carbons (Fsp3) is 0.364. The maximum Gasteiger partial charge on any atom is 0.305 e. The number of hydrogen-bond donors (Lipinski definition) is 2. The molecule has 94 valence electrons. The lowest BCUT2D eigenvalue weighted by molar-refractivity contribution is -0.136. The summed E-state index contributed by atoms with van der Waals surface area (Å²) in [7, 11) is -2.56. The van der Waals surface area contributed by atoms with Crippen molar-refractivity contribution >= 4 is 21.6 Å². The van der Waals surface area contributed by atoms with Crippen molar-refractivity contribution in [2.45, 2.75) is 13.3 Å². The van der Waals surface area contributed by atoms with Gasteiger partial charge in [-0.2, -0.15) is 0 Å². The van der Waals surface area contributed by atoms with Gasteiger partial charge in [0.2, 0.25) is 0 Å². The van der Waals surface area contributed by atoms with Gasteiger partial charge < -0.3 is 5.11 Å². The topological polar surface area (TPSA) is 78.8 Å². The molecule has 0 amide bonds. The second-order valence-corrected chi connectivity index (χ2v) is 5.71. The van der Waals surface area contributed by atoms with E-state index in [0.29, 0.717) is 5.75 Å². The van der Waals surface area contributed by atoms with Crippen LogP contribution in [0, 0.1) is 0 Å². The standard InChI is InChI=1S/C11H16N2O3S/c1-2-17(16,12-9-8-11(14)15)13-10-6-4-3-5-7-10/h3-7H,2,8-9H2,1H3,(H,14,15)(H,12,13,16). The van der Waals surface area contributed by atoms with E-state index in [1.54, 1.807) is 19.1 Å². The SMILES string of the molecule is CCS(=O)(=NCCC(=O)O)Nc1ccccc1. The summed E-state index contributed by atoms with van der Waals surface area (Å²) in [6, 6.07) is 9.11. The van der Waals surface area contributed by atoms with Crippen molar-refractivity contribution < 1.29 is 14.1 Å². The van der Waals surface area contributed by atoms with Crippen LogP contribution in [0.3, 0.4) is 0 Å². The van der Waals surface area contributed by atoms with Gasteiger partial charge in [0, 0.05) is 11.4 Å². The number of carbonyl (C=O) groups is 1. The highest BCUT2D eigenvalue weighted by Gasteiger charge is 2.06. The lowest BCUT2D eigenvalue weighted by atomic mass is 10.3. The molecule has 0 saturated heterocycles. The van der Waals surface area contributed by atoms with Crippen molar-refractivity contribution in [3.8, 4) is 0 Å². The van der Waals surface area contributed by atoms with Gasteiger partial charge in [-0.3, -0.25) is 9.52 Å². The predicted molar refractivity (Wildman–Crippen MR) is 68.3 cm³/mol. The zero-order valence-electron chi connectivity index (χ0n) is 9.63. The highest BCUT2D eigenvalue weighted by Crippen LogP contribution is 2.09. The van der Waals surface area contributed by atoms with E-state index in [9.17, 15) is 9.00 Å². The Kier molecular flexibility index (Phi) is 4.96. The molecule has 17 heavy (non-hydrogen) atoms. The Morgan fingerprint density at radius 1 is 1.41 bits per heavy atom. The third kappa shape index (κ3) is 4.86. The van der Waals surface area contributed by atoms with Gasteiger partial charge in [0.05, 0.1) is 13.0 Å². The summed E-state index contributed by atoms with van der Waals surface area (Å²) in [6.07, 6.45) is -0.104. The van der Waals surface area contributed by atoms with E-state index >= 15 is 0 Å². The molecule has 1 aromatic carbocycles. The highest BCUT2D eigenvalue weighted by atomic mass is 32.2. The molecule has 0 saturated carbocycles. The quantitative estimate of drug-likeness (QED) is 0.816. The summed E-state index contributed by atoms with van der Waals surface area (Å²) in [5, 5.41) is 8.50. The van der Waals surface area contributed by atoms with Crippen molar-refractivity contribution in [3.05, 3.63) is 30.3 Å². The number of carboxylic acids is 1. The Bertz CT molecular complexity index is 479. The number of para-hydroxylation sites is 1. The van der Waals surface area contributed by atoms with Crippen LogP contribution in [-0.2, 0) is 14.7 Å². The van der Waals surface area contributed by atoms with Crippen LogP contribution in [-0.4, -0.2) is 27.6 Å². The summed E-state index contributed by atoms with van der Waals surface area (Å²) < 4.78 is 19.0. The summed E-state index contributed by atoms with van der Waals surface area (Å²) >= 11 is 0. The number of hydrogen-bond acceptors (Lipinski definition) is 3. The minimum absolute atomic E-state index is 0.0574. The number of carboxylic acid groups (broad SMARTS) is 1. The fourth-order valence-corrected chi connectivity index (χ4v) is 2.46. The highest BCUT2D eigenvalue weighted by molar-refractivity contribution is 7.94. The zero-order chi connectivity index (χ0) is 12.7. The largest absolute Gasteiger partial charge is 0.481 e. The molecular weight excluding hydrogens is 240 g/mol. The summed E-state index contributed by atoms with van der Waals surface area (Å²) in [6.45, 7) is 1.81. The number of nitrogens with zero attached hydrogens (tertiary/aromatic N) is 1. The Labute approximate surface area is 101 Å². The molecular formula is C11H16N2O3S. The first-order valence-corrected chi connectivity index (χ1v) is 6.99. The van der Waals surface area contributed by atoms with Gasteiger partial charge in [0.25, 0.3) is 0 Å². The van der Waals surface area contributed by atoms with Gasteiger partial charge in [-0.15, -0.1) is 0 Å². The Morgan fingerprint density at radius 3 is 2.59 bits per heavy atom. The number of rotatable bonds is 6. The number of nitrogens with one attached hydrogen (secondary N) is 1. The van der Waals surface area contributed by atoms with Crippen LogP contribution in [0.15, 0.2) is 34.7 Å². The minimum atomic E-state index is -2.56. The van der Waals surface area contributed by atoms with Crippen molar-refractivity contribution in [1.82, 2.24) is 0 Å². The van der Waals surface area contributed by atoms with Gasteiger partial charge >= 0.3 is 5.97 Å². The average Bonchev–Trinajstić information content (AvgIpc) is 2.30.